The molecule has 0 radical (unpaired) electrons. The first-order valence-corrected chi connectivity index (χ1v) is 8.46. The lowest BCUT2D eigenvalue weighted by atomic mass is 10.1. The molecule has 2 N–H and O–H groups in total. The normalized spacial score (nSPS) is 14.4. The van der Waals surface area contributed by atoms with E-state index in [9.17, 15) is 4.79 Å². The van der Waals surface area contributed by atoms with Gasteiger partial charge in [-0.1, -0.05) is 18.2 Å². The number of hydrogen-bond donors (Lipinski definition) is 2. The molecule has 1 aliphatic rings. The fraction of sp³-hybridized carbons (Fsp3) is 0. The number of rotatable bonds is 3. The van der Waals surface area contributed by atoms with Gasteiger partial charge in [0.25, 0.3) is 5.91 Å². The van der Waals surface area contributed by atoms with E-state index in [1.54, 1.807) is 24.9 Å². The maximum absolute atomic E-state index is 12.4. The SMILES string of the molecule is O=C1Nc2ncc(-c3ccco3)cc2C1=CNc1cccc2cccnc12. The average molecular weight is 354 g/mol. The Hall–Kier alpha value is -3.93. The van der Waals surface area contributed by atoms with E-state index in [1.165, 1.54) is 0 Å². The van der Waals surface area contributed by atoms with E-state index < -0.39 is 0 Å². The average Bonchev–Trinajstić information content (AvgIpc) is 3.33. The Labute approximate surface area is 154 Å². The molecule has 0 spiro atoms. The van der Waals surface area contributed by atoms with Gasteiger partial charge in [0.15, 0.2) is 0 Å². The predicted molar refractivity (Wildman–Crippen MR) is 104 cm³/mol. The molecule has 130 valence electrons. The molecule has 0 saturated carbocycles. The topological polar surface area (TPSA) is 80.0 Å². The van der Waals surface area contributed by atoms with Crippen LogP contribution in [0.5, 0.6) is 0 Å². The lowest BCUT2D eigenvalue weighted by Crippen LogP contribution is -2.05. The van der Waals surface area contributed by atoms with Crippen LogP contribution in [-0.4, -0.2) is 15.9 Å². The first kappa shape index (κ1) is 15.3. The second kappa shape index (κ2) is 6.10. The molecular weight excluding hydrogens is 340 g/mol. The molecule has 0 bridgehead atoms. The van der Waals surface area contributed by atoms with Gasteiger partial charge in [-0.3, -0.25) is 9.78 Å². The lowest BCUT2D eigenvalue weighted by Gasteiger charge is -2.06. The molecule has 5 rings (SSSR count). The Morgan fingerprint density at radius 2 is 2.00 bits per heavy atom. The summed E-state index contributed by atoms with van der Waals surface area (Å²) >= 11 is 0. The molecule has 0 fully saturated rings. The van der Waals surface area contributed by atoms with Gasteiger partial charge in [-0.25, -0.2) is 4.98 Å². The van der Waals surface area contributed by atoms with Crippen LogP contribution in [0.1, 0.15) is 5.56 Å². The molecule has 3 aromatic heterocycles. The Bertz CT molecular complexity index is 1190. The van der Waals surface area contributed by atoms with Gasteiger partial charge < -0.3 is 15.1 Å². The fourth-order valence-corrected chi connectivity index (χ4v) is 3.16. The van der Waals surface area contributed by atoms with Crippen molar-refractivity contribution >= 4 is 33.9 Å². The smallest absolute Gasteiger partial charge is 0.259 e. The van der Waals surface area contributed by atoms with Crippen LogP contribution in [0.25, 0.3) is 27.8 Å². The molecule has 0 unspecified atom stereocenters. The van der Waals surface area contributed by atoms with E-state index in [2.05, 4.69) is 20.6 Å². The monoisotopic (exact) mass is 354 g/mol. The van der Waals surface area contributed by atoms with Gasteiger partial charge in [-0.15, -0.1) is 0 Å². The second-order valence-electron chi connectivity index (χ2n) is 6.13. The van der Waals surface area contributed by atoms with Crippen LogP contribution in [-0.2, 0) is 4.79 Å². The van der Waals surface area contributed by atoms with E-state index in [1.807, 2.05) is 48.5 Å². The van der Waals surface area contributed by atoms with Crippen molar-refractivity contribution in [2.24, 2.45) is 0 Å². The lowest BCUT2D eigenvalue weighted by molar-refractivity contribution is -0.110. The molecule has 27 heavy (non-hydrogen) atoms. The minimum Gasteiger partial charge on any atom is -0.464 e. The highest BCUT2D eigenvalue weighted by atomic mass is 16.3. The minimum absolute atomic E-state index is 0.199. The predicted octanol–water partition coefficient (Wildman–Crippen LogP) is 4.29. The molecule has 0 atom stereocenters. The van der Waals surface area contributed by atoms with Crippen LogP contribution >= 0.6 is 0 Å². The summed E-state index contributed by atoms with van der Waals surface area (Å²) < 4.78 is 5.43. The summed E-state index contributed by atoms with van der Waals surface area (Å²) in [5.41, 5.74) is 3.73. The zero-order chi connectivity index (χ0) is 18.2. The Kier molecular flexibility index (Phi) is 3.47. The third-order valence-electron chi connectivity index (χ3n) is 4.46. The van der Waals surface area contributed by atoms with Gasteiger partial charge in [0.1, 0.15) is 11.6 Å². The van der Waals surface area contributed by atoms with Crippen LogP contribution in [0, 0.1) is 0 Å². The first-order chi connectivity index (χ1) is 13.3. The van der Waals surface area contributed by atoms with Crippen molar-refractivity contribution < 1.29 is 9.21 Å². The third kappa shape index (κ3) is 2.64. The van der Waals surface area contributed by atoms with E-state index >= 15 is 0 Å². The minimum atomic E-state index is -0.199. The van der Waals surface area contributed by atoms with Gasteiger partial charge in [0, 0.05) is 35.1 Å². The molecule has 1 aromatic carbocycles. The van der Waals surface area contributed by atoms with Crippen LogP contribution in [0.2, 0.25) is 0 Å². The molecule has 0 saturated heterocycles. The number of benzene rings is 1. The highest BCUT2D eigenvalue weighted by Gasteiger charge is 2.26. The van der Waals surface area contributed by atoms with Crippen molar-refractivity contribution in [3.05, 3.63) is 79.0 Å². The summed E-state index contributed by atoms with van der Waals surface area (Å²) in [5, 5.41) is 7.03. The largest absolute Gasteiger partial charge is 0.464 e. The second-order valence-corrected chi connectivity index (χ2v) is 6.13. The van der Waals surface area contributed by atoms with Crippen molar-refractivity contribution in [2.45, 2.75) is 0 Å². The van der Waals surface area contributed by atoms with Gasteiger partial charge in [-0.2, -0.15) is 0 Å². The summed E-state index contributed by atoms with van der Waals surface area (Å²) in [4.78, 5) is 21.2. The van der Waals surface area contributed by atoms with Crippen LogP contribution in [0.15, 0.2) is 77.8 Å². The molecule has 1 aliphatic heterocycles. The van der Waals surface area contributed by atoms with Gasteiger partial charge >= 0.3 is 0 Å². The highest BCUT2D eigenvalue weighted by molar-refractivity contribution is 6.31. The molecule has 1 amide bonds. The Morgan fingerprint density at radius 1 is 1.07 bits per heavy atom. The Balaban J connectivity index is 1.54. The van der Waals surface area contributed by atoms with Crippen molar-refractivity contribution in [1.29, 1.82) is 0 Å². The van der Waals surface area contributed by atoms with Gasteiger partial charge in [-0.05, 0) is 30.3 Å². The maximum atomic E-state index is 12.4. The van der Waals surface area contributed by atoms with E-state index in [0.29, 0.717) is 17.2 Å². The first-order valence-electron chi connectivity index (χ1n) is 8.46. The number of nitrogens with one attached hydrogen (secondary N) is 2. The molecule has 4 aromatic rings. The van der Waals surface area contributed by atoms with Crippen molar-refractivity contribution in [1.82, 2.24) is 9.97 Å². The highest BCUT2D eigenvalue weighted by Crippen LogP contribution is 2.33. The van der Waals surface area contributed by atoms with Crippen molar-refractivity contribution in [2.75, 3.05) is 10.6 Å². The third-order valence-corrected chi connectivity index (χ3v) is 4.46. The summed E-state index contributed by atoms with van der Waals surface area (Å²) in [7, 11) is 0. The van der Waals surface area contributed by atoms with E-state index in [4.69, 9.17) is 4.42 Å². The quantitative estimate of drug-likeness (QED) is 0.536. The zero-order valence-corrected chi connectivity index (χ0v) is 14.1. The number of para-hydroxylation sites is 1. The molecule has 6 nitrogen and oxygen atoms in total. The fourth-order valence-electron chi connectivity index (χ4n) is 3.16. The number of furan rings is 1. The number of fused-ring (bicyclic) bond motifs is 2. The standard InChI is InChI=1S/C21H14N4O2/c26-21-16(12-23-17-6-1-4-13-5-2-8-22-19(13)17)15-10-14(11-24-20(15)25-21)18-7-3-9-27-18/h1-12,23H,(H,24,25,26). The maximum Gasteiger partial charge on any atom is 0.259 e. The van der Waals surface area contributed by atoms with Crippen molar-refractivity contribution in [3.8, 4) is 11.3 Å². The summed E-state index contributed by atoms with van der Waals surface area (Å²) in [6.45, 7) is 0. The molecule has 4 heterocycles. The number of anilines is 2. The van der Waals surface area contributed by atoms with Gasteiger partial charge in [0.2, 0.25) is 0 Å². The number of carbonyl (C=O) groups excluding carboxylic acids is 1. The number of amides is 1. The van der Waals surface area contributed by atoms with E-state index in [0.717, 1.165) is 27.7 Å². The zero-order valence-electron chi connectivity index (χ0n) is 14.1. The summed E-state index contributed by atoms with van der Waals surface area (Å²) in [5.74, 6) is 1.05. The number of carbonyl (C=O) groups is 1. The number of aromatic nitrogens is 2. The van der Waals surface area contributed by atoms with E-state index in [-0.39, 0.29) is 5.91 Å². The van der Waals surface area contributed by atoms with Crippen LogP contribution < -0.4 is 10.6 Å². The molecule has 0 aliphatic carbocycles. The number of nitrogens with zero attached hydrogens (tertiary/aromatic N) is 2. The van der Waals surface area contributed by atoms with Gasteiger partial charge in [0.05, 0.1) is 23.0 Å². The number of hydrogen-bond acceptors (Lipinski definition) is 5. The van der Waals surface area contributed by atoms with Crippen LogP contribution in [0.3, 0.4) is 0 Å². The molecular formula is C21H14N4O2. The molecule has 6 heteroatoms. The Morgan fingerprint density at radius 3 is 2.89 bits per heavy atom. The van der Waals surface area contributed by atoms with Crippen molar-refractivity contribution in [3.63, 3.8) is 0 Å². The summed E-state index contributed by atoms with van der Waals surface area (Å²) in [6, 6.07) is 15.3. The number of pyridine rings is 2. The van der Waals surface area contributed by atoms with Crippen LogP contribution in [0.4, 0.5) is 11.5 Å². The summed E-state index contributed by atoms with van der Waals surface area (Å²) in [6.07, 6.45) is 6.73.